The predicted octanol–water partition coefficient (Wildman–Crippen LogP) is 4.98. The minimum Gasteiger partial charge on any atom is -0.458 e. The molecule has 4 rings (SSSR count). The van der Waals surface area contributed by atoms with Crippen LogP contribution in [0.1, 0.15) is 65.2 Å². The summed E-state index contributed by atoms with van der Waals surface area (Å²) in [5.41, 5.74) is 0.904. The van der Waals surface area contributed by atoms with Gasteiger partial charge in [0, 0.05) is 26.2 Å². The van der Waals surface area contributed by atoms with Crippen molar-refractivity contribution in [3.63, 3.8) is 0 Å². The highest BCUT2D eigenvalue weighted by Gasteiger charge is 2.34. The summed E-state index contributed by atoms with van der Waals surface area (Å²) in [7, 11) is 0. The molecule has 0 unspecified atom stereocenters. The number of esters is 1. The van der Waals surface area contributed by atoms with Crippen LogP contribution in [0.2, 0.25) is 0 Å². The lowest BCUT2D eigenvalue weighted by Gasteiger charge is -2.29. The van der Waals surface area contributed by atoms with E-state index in [4.69, 9.17) is 9.47 Å². The Morgan fingerprint density at radius 1 is 0.509 bits per heavy atom. The van der Waals surface area contributed by atoms with Gasteiger partial charge in [-0.25, -0.2) is 4.79 Å². The van der Waals surface area contributed by atoms with E-state index in [0.717, 1.165) is 27.5 Å². The van der Waals surface area contributed by atoms with Crippen LogP contribution in [0.5, 0.6) is 0 Å². The highest BCUT2D eigenvalue weighted by molar-refractivity contribution is 5.95. The number of rotatable bonds is 16. The average molecular weight is 751 g/mol. The van der Waals surface area contributed by atoms with Crippen LogP contribution in [0.4, 0.5) is 0 Å². The zero-order valence-electron chi connectivity index (χ0n) is 32.8. The van der Waals surface area contributed by atoms with Crippen molar-refractivity contribution in [1.82, 2.24) is 21.3 Å². The van der Waals surface area contributed by atoms with Gasteiger partial charge in [0.2, 0.25) is 23.6 Å². The summed E-state index contributed by atoms with van der Waals surface area (Å²) in [6.45, 7) is 11.9. The third kappa shape index (κ3) is 14.3. The Morgan fingerprint density at radius 3 is 1.42 bits per heavy atom. The van der Waals surface area contributed by atoms with E-state index in [1.165, 1.54) is 6.92 Å². The van der Waals surface area contributed by atoms with Crippen LogP contribution in [-0.4, -0.2) is 71.6 Å². The van der Waals surface area contributed by atoms with Crippen LogP contribution < -0.4 is 21.3 Å². The Balaban J connectivity index is 1.62. The van der Waals surface area contributed by atoms with Crippen molar-refractivity contribution in [3.05, 3.63) is 120 Å². The monoisotopic (exact) mass is 750 g/mol. The molecule has 4 amide bonds. The highest BCUT2D eigenvalue weighted by Crippen LogP contribution is 2.18. The molecule has 0 aliphatic heterocycles. The molecule has 4 aromatic carbocycles. The first kappa shape index (κ1) is 42.2. The number of ether oxygens (including phenoxy) is 2. The van der Waals surface area contributed by atoms with Crippen LogP contribution in [-0.2, 0) is 52.7 Å². The molecular weight excluding hydrogens is 697 g/mol. The van der Waals surface area contributed by atoms with Gasteiger partial charge in [0.15, 0.2) is 6.04 Å². The Kier molecular flexibility index (Phi) is 14.7. The van der Waals surface area contributed by atoms with Crippen molar-refractivity contribution >= 4 is 40.4 Å². The van der Waals surface area contributed by atoms with Gasteiger partial charge in [-0.1, -0.05) is 103 Å². The molecule has 55 heavy (non-hydrogen) atoms. The van der Waals surface area contributed by atoms with Crippen LogP contribution in [0.15, 0.2) is 103 Å². The summed E-state index contributed by atoms with van der Waals surface area (Å²) in [6, 6.07) is 27.5. The summed E-state index contributed by atoms with van der Waals surface area (Å²) in [5, 5.41) is 13.3. The molecule has 4 aromatic rings. The van der Waals surface area contributed by atoms with E-state index in [2.05, 4.69) is 21.3 Å². The summed E-state index contributed by atoms with van der Waals surface area (Å²) in [5.74, 6) is -2.91. The Morgan fingerprint density at radius 2 is 0.945 bits per heavy atom. The molecule has 0 aliphatic carbocycles. The van der Waals surface area contributed by atoms with Gasteiger partial charge in [-0.05, 0) is 69.0 Å². The SMILES string of the molecule is CC(=O)N[C@H](Cc1ccc2ccccc2c1)C(=O)N[C@H](Cc1ccccc1)C(=O)N[C@H](Cc1ccccc1)C(=O)N[C@@H](COC(C)(C)C)C(=O)OC(C)(C)C. The minimum absolute atomic E-state index is 0.0854. The van der Waals surface area contributed by atoms with Gasteiger partial charge in [-0.15, -0.1) is 0 Å². The molecule has 0 aliphatic rings. The molecule has 0 fully saturated rings. The van der Waals surface area contributed by atoms with Gasteiger partial charge < -0.3 is 30.7 Å². The van der Waals surface area contributed by atoms with E-state index in [9.17, 15) is 24.0 Å². The summed E-state index contributed by atoms with van der Waals surface area (Å²) < 4.78 is 11.5. The fraction of sp³-hybridized carbons (Fsp3) is 0.386. The normalized spacial score (nSPS) is 13.8. The van der Waals surface area contributed by atoms with Crippen molar-refractivity contribution < 1.29 is 33.4 Å². The van der Waals surface area contributed by atoms with Crippen molar-refractivity contribution in [2.45, 2.75) is 103 Å². The maximum atomic E-state index is 14.3. The molecule has 292 valence electrons. The molecule has 11 heteroatoms. The fourth-order valence-electron chi connectivity index (χ4n) is 5.87. The van der Waals surface area contributed by atoms with Gasteiger partial charge in [0.25, 0.3) is 0 Å². The number of nitrogens with one attached hydrogen (secondary N) is 4. The van der Waals surface area contributed by atoms with Crippen molar-refractivity contribution in [3.8, 4) is 0 Å². The van der Waals surface area contributed by atoms with E-state index in [-0.39, 0.29) is 25.9 Å². The van der Waals surface area contributed by atoms with Crippen LogP contribution in [0, 0.1) is 0 Å². The Hall–Kier alpha value is -5.55. The van der Waals surface area contributed by atoms with Crippen molar-refractivity contribution in [1.29, 1.82) is 0 Å². The van der Waals surface area contributed by atoms with Gasteiger partial charge in [-0.2, -0.15) is 0 Å². The van der Waals surface area contributed by atoms with Gasteiger partial charge in [0.1, 0.15) is 23.7 Å². The van der Waals surface area contributed by atoms with E-state index >= 15 is 0 Å². The third-order valence-electron chi connectivity index (χ3n) is 8.47. The van der Waals surface area contributed by atoms with Crippen LogP contribution in [0.25, 0.3) is 10.8 Å². The Labute approximate surface area is 323 Å². The number of benzene rings is 4. The van der Waals surface area contributed by atoms with Gasteiger partial charge >= 0.3 is 5.97 Å². The minimum atomic E-state index is -1.17. The Bertz CT molecular complexity index is 1920. The number of carbonyl (C=O) groups excluding carboxylic acids is 5. The average Bonchev–Trinajstić information content (AvgIpc) is 3.11. The molecule has 0 aromatic heterocycles. The second-order valence-corrected chi connectivity index (χ2v) is 15.7. The van der Waals surface area contributed by atoms with Crippen LogP contribution in [0.3, 0.4) is 0 Å². The fourth-order valence-corrected chi connectivity index (χ4v) is 5.87. The molecule has 4 N–H and O–H groups in total. The van der Waals surface area contributed by atoms with E-state index in [1.54, 1.807) is 20.8 Å². The lowest BCUT2D eigenvalue weighted by molar-refractivity contribution is -0.162. The molecule has 0 bridgehead atoms. The summed E-state index contributed by atoms with van der Waals surface area (Å²) in [6.07, 6.45) is 0.362. The maximum Gasteiger partial charge on any atom is 0.331 e. The summed E-state index contributed by atoms with van der Waals surface area (Å²) >= 11 is 0. The molecular formula is C44H54N4O7. The number of hydrogen-bond donors (Lipinski definition) is 4. The van der Waals surface area contributed by atoms with E-state index in [1.807, 2.05) is 124 Å². The second-order valence-electron chi connectivity index (χ2n) is 15.7. The second kappa shape index (κ2) is 19.2. The zero-order chi connectivity index (χ0) is 40.2. The predicted molar refractivity (Wildman–Crippen MR) is 213 cm³/mol. The first-order valence-corrected chi connectivity index (χ1v) is 18.6. The van der Waals surface area contributed by atoms with E-state index in [0.29, 0.717) is 0 Å². The standard InChI is InChI=1S/C44H54N4O7/c1-29(49)45-35(27-32-22-23-33-20-14-15-21-34(33)24-32)39(50)46-36(25-30-16-10-8-11-17-30)40(51)47-37(26-31-18-12-9-13-19-31)41(52)48-38(28-54-43(2,3)4)42(53)55-44(5,6)7/h8-24,35-38H,25-28H2,1-7H3,(H,45,49)(H,46,50)(H,47,51)(H,48,52)/t35-,36-,37-,38+/m1/s1. The van der Waals surface area contributed by atoms with Gasteiger partial charge in [0.05, 0.1) is 12.2 Å². The molecule has 0 saturated carbocycles. The number of fused-ring (bicyclic) bond motifs is 1. The largest absolute Gasteiger partial charge is 0.458 e. The molecule has 0 radical (unpaired) electrons. The molecule has 0 heterocycles. The zero-order valence-corrected chi connectivity index (χ0v) is 32.8. The molecule has 0 saturated heterocycles. The maximum absolute atomic E-state index is 14.3. The smallest absolute Gasteiger partial charge is 0.331 e. The number of carbonyl (C=O) groups is 5. The first-order chi connectivity index (χ1) is 26.0. The molecule has 4 atom stereocenters. The van der Waals surface area contributed by atoms with Gasteiger partial charge in [-0.3, -0.25) is 19.2 Å². The lowest BCUT2D eigenvalue weighted by atomic mass is 9.99. The summed E-state index contributed by atoms with van der Waals surface area (Å²) in [4.78, 5) is 68.0. The van der Waals surface area contributed by atoms with Crippen LogP contribution >= 0.6 is 0 Å². The topological polar surface area (TPSA) is 152 Å². The van der Waals surface area contributed by atoms with E-state index < -0.39 is 65.0 Å². The highest BCUT2D eigenvalue weighted by atomic mass is 16.6. The molecule has 11 nitrogen and oxygen atoms in total. The van der Waals surface area contributed by atoms with Crippen molar-refractivity contribution in [2.75, 3.05) is 6.61 Å². The molecule has 0 spiro atoms. The number of amides is 4. The van der Waals surface area contributed by atoms with Crippen molar-refractivity contribution in [2.24, 2.45) is 0 Å². The lowest BCUT2D eigenvalue weighted by Crippen LogP contribution is -2.59. The third-order valence-corrected chi connectivity index (χ3v) is 8.47. The quantitative estimate of drug-likeness (QED) is 0.118. The first-order valence-electron chi connectivity index (χ1n) is 18.6. The number of hydrogen-bond acceptors (Lipinski definition) is 7.